The van der Waals surface area contributed by atoms with Crippen molar-refractivity contribution in [3.05, 3.63) is 29.8 Å². The minimum atomic E-state index is -0.776. The Morgan fingerprint density at radius 3 is 2.37 bits per heavy atom. The van der Waals surface area contributed by atoms with E-state index in [0.717, 1.165) is 37.0 Å². The SMILES string of the molecule is COc1ccc(CC(N)C(=O)NC(CC2CCC(OC)CC2)C(=O)C2(C)CO2)cc1. The van der Waals surface area contributed by atoms with Gasteiger partial charge in [-0.2, -0.15) is 0 Å². The minimum absolute atomic E-state index is 0.0543. The van der Waals surface area contributed by atoms with Crippen LogP contribution < -0.4 is 15.8 Å². The highest BCUT2D eigenvalue weighted by molar-refractivity contribution is 5.97. The number of rotatable bonds is 10. The molecule has 3 unspecified atom stereocenters. The number of benzene rings is 1. The highest BCUT2D eigenvalue weighted by Crippen LogP contribution is 2.33. The van der Waals surface area contributed by atoms with E-state index in [4.69, 9.17) is 19.9 Å². The maximum absolute atomic E-state index is 13.0. The maximum Gasteiger partial charge on any atom is 0.237 e. The Morgan fingerprint density at radius 2 is 1.83 bits per heavy atom. The zero-order valence-electron chi connectivity index (χ0n) is 18.2. The zero-order valence-corrected chi connectivity index (χ0v) is 18.2. The van der Waals surface area contributed by atoms with E-state index in [-0.39, 0.29) is 11.7 Å². The number of nitrogens with one attached hydrogen (secondary N) is 1. The van der Waals surface area contributed by atoms with E-state index in [0.29, 0.717) is 31.5 Å². The van der Waals surface area contributed by atoms with Crippen LogP contribution in [-0.2, 0) is 25.5 Å². The molecule has 3 atom stereocenters. The summed E-state index contributed by atoms with van der Waals surface area (Å²) in [5.74, 6) is 0.773. The highest BCUT2D eigenvalue weighted by atomic mass is 16.6. The molecule has 1 amide bonds. The smallest absolute Gasteiger partial charge is 0.237 e. The third kappa shape index (κ3) is 5.80. The van der Waals surface area contributed by atoms with Gasteiger partial charge in [0.05, 0.1) is 31.9 Å². The Labute approximate surface area is 178 Å². The fourth-order valence-electron chi connectivity index (χ4n) is 4.17. The molecule has 3 N–H and O–H groups in total. The van der Waals surface area contributed by atoms with Gasteiger partial charge in [-0.1, -0.05) is 12.1 Å². The van der Waals surface area contributed by atoms with E-state index in [1.165, 1.54) is 0 Å². The number of methoxy groups -OCH3 is 2. The van der Waals surface area contributed by atoms with Crippen LogP contribution in [0.15, 0.2) is 24.3 Å². The molecule has 1 aromatic rings. The van der Waals surface area contributed by atoms with Gasteiger partial charge >= 0.3 is 0 Å². The summed E-state index contributed by atoms with van der Waals surface area (Å²) in [5, 5.41) is 2.93. The molecule has 7 heteroatoms. The van der Waals surface area contributed by atoms with E-state index in [1.54, 1.807) is 21.1 Å². The van der Waals surface area contributed by atoms with Gasteiger partial charge in [0.2, 0.25) is 5.91 Å². The molecule has 166 valence electrons. The fraction of sp³-hybridized carbons (Fsp3) is 0.652. The van der Waals surface area contributed by atoms with E-state index >= 15 is 0 Å². The first-order valence-corrected chi connectivity index (χ1v) is 10.7. The number of ketones is 1. The second kappa shape index (κ2) is 9.90. The Balaban J connectivity index is 1.59. The minimum Gasteiger partial charge on any atom is -0.497 e. The van der Waals surface area contributed by atoms with Gasteiger partial charge in [0.1, 0.15) is 11.4 Å². The first-order chi connectivity index (χ1) is 14.3. The average Bonchev–Trinajstić information content (AvgIpc) is 3.52. The van der Waals surface area contributed by atoms with Crippen molar-refractivity contribution in [2.45, 2.75) is 69.2 Å². The number of carbonyl (C=O) groups is 2. The van der Waals surface area contributed by atoms with Crippen molar-refractivity contribution in [3.8, 4) is 5.75 Å². The first kappa shape index (κ1) is 22.7. The van der Waals surface area contributed by atoms with Crippen molar-refractivity contribution in [1.29, 1.82) is 0 Å². The summed E-state index contributed by atoms with van der Waals surface area (Å²) in [6.45, 7) is 2.19. The Hall–Kier alpha value is -1.96. The monoisotopic (exact) mass is 418 g/mol. The molecule has 30 heavy (non-hydrogen) atoms. The third-order valence-corrected chi connectivity index (χ3v) is 6.38. The molecule has 1 heterocycles. The first-order valence-electron chi connectivity index (χ1n) is 10.7. The molecule has 0 aromatic heterocycles. The van der Waals surface area contributed by atoms with E-state index in [1.807, 2.05) is 24.3 Å². The standard InChI is InChI=1S/C23H34N2O5/c1-23(14-30-23)21(26)20(13-16-6-10-18(29-3)11-7-16)25-22(27)19(24)12-15-4-8-17(28-2)9-5-15/h4-5,8-9,16,18-20H,6-7,10-14,24H2,1-3H3,(H,25,27). The van der Waals surface area contributed by atoms with Crippen molar-refractivity contribution < 1.29 is 23.8 Å². The van der Waals surface area contributed by atoms with Crippen LogP contribution in [0.3, 0.4) is 0 Å². The number of ether oxygens (including phenoxy) is 3. The maximum atomic E-state index is 13.0. The van der Waals surface area contributed by atoms with Crippen LogP contribution in [0, 0.1) is 5.92 Å². The molecule has 3 rings (SSSR count). The summed E-state index contributed by atoms with van der Waals surface area (Å²) in [6, 6.07) is 6.16. The molecule has 1 aliphatic heterocycles. The molecular formula is C23H34N2O5. The number of hydrogen-bond donors (Lipinski definition) is 2. The summed E-state index contributed by atoms with van der Waals surface area (Å²) in [5.41, 5.74) is 6.33. The Kier molecular flexibility index (Phi) is 7.50. The Bertz CT molecular complexity index is 724. The molecule has 1 saturated heterocycles. The van der Waals surface area contributed by atoms with Crippen molar-refractivity contribution in [2.75, 3.05) is 20.8 Å². The summed E-state index contributed by atoms with van der Waals surface area (Å²) in [4.78, 5) is 25.8. The fourth-order valence-corrected chi connectivity index (χ4v) is 4.17. The van der Waals surface area contributed by atoms with Gasteiger partial charge in [-0.05, 0) is 69.1 Å². The second-order valence-electron chi connectivity index (χ2n) is 8.72. The van der Waals surface area contributed by atoms with Crippen molar-refractivity contribution in [2.24, 2.45) is 11.7 Å². The largest absolute Gasteiger partial charge is 0.497 e. The van der Waals surface area contributed by atoms with Gasteiger partial charge < -0.3 is 25.3 Å². The second-order valence-corrected chi connectivity index (χ2v) is 8.72. The number of carbonyl (C=O) groups excluding carboxylic acids is 2. The average molecular weight is 419 g/mol. The highest BCUT2D eigenvalue weighted by Gasteiger charge is 2.50. The molecule has 2 aliphatic rings. The van der Waals surface area contributed by atoms with Gasteiger partial charge in [-0.25, -0.2) is 0 Å². The van der Waals surface area contributed by atoms with Crippen LogP contribution in [0.1, 0.15) is 44.6 Å². The van der Waals surface area contributed by atoms with Gasteiger partial charge in [-0.15, -0.1) is 0 Å². The Morgan fingerprint density at radius 1 is 1.20 bits per heavy atom. The summed E-state index contributed by atoms with van der Waals surface area (Å²) in [6.07, 6.45) is 5.27. The van der Waals surface area contributed by atoms with Crippen LogP contribution in [0.4, 0.5) is 0 Å². The molecular weight excluding hydrogens is 384 g/mol. The summed E-state index contributed by atoms with van der Waals surface area (Å²) in [7, 11) is 3.35. The van der Waals surface area contributed by atoms with Gasteiger partial charge in [-0.3, -0.25) is 9.59 Å². The topological polar surface area (TPSA) is 103 Å². The predicted octanol–water partition coefficient (Wildman–Crippen LogP) is 2.00. The van der Waals surface area contributed by atoms with Crippen molar-refractivity contribution in [3.63, 3.8) is 0 Å². The zero-order chi connectivity index (χ0) is 21.7. The molecule has 1 aromatic carbocycles. The molecule has 1 aliphatic carbocycles. The van der Waals surface area contributed by atoms with E-state index in [9.17, 15) is 9.59 Å². The number of nitrogens with two attached hydrogens (primary N) is 1. The number of epoxide rings is 1. The quantitative estimate of drug-likeness (QED) is 0.564. The van der Waals surface area contributed by atoms with Crippen molar-refractivity contribution in [1.82, 2.24) is 5.32 Å². The summed E-state index contributed by atoms with van der Waals surface area (Å²) < 4.78 is 16.0. The molecule has 2 fully saturated rings. The lowest BCUT2D eigenvalue weighted by molar-refractivity contribution is -0.131. The van der Waals surface area contributed by atoms with E-state index in [2.05, 4.69) is 5.32 Å². The predicted molar refractivity (Wildman–Crippen MR) is 113 cm³/mol. The van der Waals surface area contributed by atoms with Crippen LogP contribution >= 0.6 is 0 Å². The van der Waals surface area contributed by atoms with Crippen LogP contribution in [0.5, 0.6) is 5.75 Å². The van der Waals surface area contributed by atoms with Crippen LogP contribution in [-0.4, -0.2) is 56.3 Å². The summed E-state index contributed by atoms with van der Waals surface area (Å²) >= 11 is 0. The normalized spacial score (nSPS) is 27.7. The molecule has 1 saturated carbocycles. The van der Waals surface area contributed by atoms with Crippen LogP contribution in [0.2, 0.25) is 0 Å². The third-order valence-electron chi connectivity index (χ3n) is 6.38. The van der Waals surface area contributed by atoms with Crippen molar-refractivity contribution >= 4 is 11.7 Å². The van der Waals surface area contributed by atoms with E-state index < -0.39 is 17.7 Å². The molecule has 0 radical (unpaired) electrons. The molecule has 7 nitrogen and oxygen atoms in total. The van der Waals surface area contributed by atoms with Gasteiger partial charge in [0.15, 0.2) is 5.78 Å². The van der Waals surface area contributed by atoms with Gasteiger partial charge in [0, 0.05) is 7.11 Å². The van der Waals surface area contributed by atoms with Gasteiger partial charge in [0.25, 0.3) is 0 Å². The lowest BCUT2D eigenvalue weighted by Crippen LogP contribution is -2.52. The lowest BCUT2D eigenvalue weighted by Gasteiger charge is -2.31. The number of Topliss-reactive ketones (excluding diaryl/α,β-unsaturated/α-hetero) is 1. The molecule has 0 spiro atoms. The number of amides is 1. The van der Waals surface area contributed by atoms with Crippen LogP contribution in [0.25, 0.3) is 0 Å². The number of hydrogen-bond acceptors (Lipinski definition) is 6. The molecule has 0 bridgehead atoms. The lowest BCUT2D eigenvalue weighted by atomic mass is 9.81.